The summed E-state index contributed by atoms with van der Waals surface area (Å²) < 4.78 is 13.5. The lowest BCUT2D eigenvalue weighted by Gasteiger charge is -2.13. The first-order valence-electron chi connectivity index (χ1n) is 9.76. The Bertz CT molecular complexity index is 1110. The summed E-state index contributed by atoms with van der Waals surface area (Å²) in [5.74, 6) is -2.13. The van der Waals surface area contributed by atoms with Crippen LogP contribution in [0.5, 0.6) is 0 Å². The molecule has 6 heteroatoms. The second kappa shape index (κ2) is 9.91. The molecule has 0 fully saturated rings. The summed E-state index contributed by atoms with van der Waals surface area (Å²) in [6.07, 6.45) is 1.07. The maximum Gasteiger partial charge on any atom is 0.310 e. The first-order chi connectivity index (χ1) is 14.8. The number of carboxylic acids is 1. The van der Waals surface area contributed by atoms with Gasteiger partial charge < -0.3 is 10.2 Å². The van der Waals surface area contributed by atoms with Crippen molar-refractivity contribution in [2.45, 2.75) is 25.9 Å². The van der Waals surface area contributed by atoms with Gasteiger partial charge in [-0.25, -0.2) is 4.39 Å². The summed E-state index contributed by atoms with van der Waals surface area (Å²) in [6, 6.07) is 17.6. The number of ketones is 1. The third-order valence-corrected chi connectivity index (χ3v) is 4.74. The van der Waals surface area contributed by atoms with Crippen LogP contribution in [0.25, 0.3) is 28.5 Å². The number of Topliss-reactive ketones (excluding diaryl/α,β-unsaturated/α-hetero) is 1. The molecule has 0 radical (unpaired) electrons. The number of carbonyl (C=O) groups is 2. The summed E-state index contributed by atoms with van der Waals surface area (Å²) >= 11 is 0. The fraction of sp³-hybridized carbons (Fsp3) is 0.160. The molecule has 158 valence electrons. The largest absolute Gasteiger partial charge is 0.481 e. The van der Waals surface area contributed by atoms with E-state index in [0.717, 1.165) is 27.9 Å². The third-order valence-electron chi connectivity index (χ3n) is 4.74. The molecular weight excluding hydrogens is 397 g/mol. The number of benzene rings is 2. The van der Waals surface area contributed by atoms with E-state index in [1.807, 2.05) is 43.3 Å². The van der Waals surface area contributed by atoms with E-state index in [0.29, 0.717) is 5.69 Å². The van der Waals surface area contributed by atoms with Crippen molar-refractivity contribution in [2.75, 3.05) is 0 Å². The number of carboxylic acid groups (broad SMARTS) is 1. The van der Waals surface area contributed by atoms with Crippen molar-refractivity contribution in [3.8, 4) is 22.4 Å². The molecule has 1 heterocycles. The minimum atomic E-state index is -1.23. The van der Waals surface area contributed by atoms with Gasteiger partial charge in [0.2, 0.25) is 0 Å². The smallest absolute Gasteiger partial charge is 0.310 e. The topological polar surface area (TPSA) is 87.5 Å². The molecule has 0 spiro atoms. The summed E-state index contributed by atoms with van der Waals surface area (Å²) in [6.45, 7) is 1.83. The monoisotopic (exact) mass is 419 g/mol. The zero-order valence-electron chi connectivity index (χ0n) is 17.0. The Morgan fingerprint density at radius 2 is 1.74 bits per heavy atom. The summed E-state index contributed by atoms with van der Waals surface area (Å²) in [7, 11) is 0. The van der Waals surface area contributed by atoms with Crippen LogP contribution in [0, 0.1) is 12.7 Å². The Balaban J connectivity index is 1.99. The Labute approximate surface area is 179 Å². The van der Waals surface area contributed by atoms with E-state index in [1.54, 1.807) is 18.2 Å². The van der Waals surface area contributed by atoms with Crippen molar-refractivity contribution in [1.29, 1.82) is 0 Å². The lowest BCUT2D eigenvalue weighted by atomic mass is 9.95. The number of aryl methyl sites for hydroxylation is 1. The van der Waals surface area contributed by atoms with Crippen molar-refractivity contribution in [2.24, 2.45) is 0 Å². The molecule has 1 unspecified atom stereocenters. The Morgan fingerprint density at radius 1 is 1.06 bits per heavy atom. The number of aliphatic carboxylic acids is 1. The van der Waals surface area contributed by atoms with Crippen LogP contribution < -0.4 is 0 Å². The Hall–Kier alpha value is -3.64. The van der Waals surface area contributed by atoms with Gasteiger partial charge in [0.25, 0.3) is 0 Å². The van der Waals surface area contributed by atoms with Crippen molar-refractivity contribution < 1.29 is 24.2 Å². The normalized spacial score (nSPS) is 12.1. The van der Waals surface area contributed by atoms with E-state index < -0.39 is 24.3 Å². The van der Waals surface area contributed by atoms with Crippen LogP contribution in [0.3, 0.4) is 0 Å². The number of aliphatic hydroxyl groups excluding tert-OH is 1. The second-order valence-corrected chi connectivity index (χ2v) is 7.17. The van der Waals surface area contributed by atoms with Crippen molar-refractivity contribution >= 4 is 17.8 Å². The summed E-state index contributed by atoms with van der Waals surface area (Å²) in [5, 5.41) is 18.8. The van der Waals surface area contributed by atoms with Gasteiger partial charge in [-0.1, -0.05) is 54.6 Å². The Kier molecular flexibility index (Phi) is 7.05. The van der Waals surface area contributed by atoms with Gasteiger partial charge in [0.15, 0.2) is 0 Å². The molecule has 5 nitrogen and oxygen atoms in total. The highest BCUT2D eigenvalue weighted by Gasteiger charge is 2.14. The molecule has 0 saturated heterocycles. The van der Waals surface area contributed by atoms with Crippen LogP contribution >= 0.6 is 0 Å². The molecule has 2 aromatic carbocycles. The van der Waals surface area contributed by atoms with E-state index in [4.69, 9.17) is 5.11 Å². The SMILES string of the molecule is Cc1nc(-c2ccccc2)cc(-c2ccc(F)cc2)c1/C=C/C(O)CC(=O)CC(=O)O. The molecule has 0 aliphatic heterocycles. The molecular formula is C25H22FNO4. The van der Waals surface area contributed by atoms with Crippen LogP contribution in [-0.4, -0.2) is 33.1 Å². The van der Waals surface area contributed by atoms with E-state index in [-0.39, 0.29) is 12.2 Å². The molecule has 0 aliphatic carbocycles. The number of carbonyl (C=O) groups excluding carboxylic acids is 1. The predicted molar refractivity (Wildman–Crippen MR) is 117 cm³/mol. The van der Waals surface area contributed by atoms with Gasteiger partial charge in [0, 0.05) is 23.2 Å². The lowest BCUT2D eigenvalue weighted by molar-refractivity contribution is -0.140. The molecule has 3 rings (SSSR count). The zero-order chi connectivity index (χ0) is 22.4. The highest BCUT2D eigenvalue weighted by atomic mass is 19.1. The highest BCUT2D eigenvalue weighted by Crippen LogP contribution is 2.31. The minimum absolute atomic E-state index is 0.288. The van der Waals surface area contributed by atoms with E-state index in [1.165, 1.54) is 18.2 Å². The number of hydrogen-bond acceptors (Lipinski definition) is 4. The maximum atomic E-state index is 13.5. The number of hydrogen-bond donors (Lipinski definition) is 2. The number of aliphatic hydroxyl groups is 1. The summed E-state index contributed by atoms with van der Waals surface area (Å²) in [4.78, 5) is 26.9. The molecule has 0 bridgehead atoms. The standard InChI is InChI=1S/C25H22FNO4/c1-16-22(12-11-20(28)13-21(29)14-25(30)31)23(17-7-9-19(26)10-8-17)15-24(27-16)18-5-3-2-4-6-18/h2-12,15,20,28H,13-14H2,1H3,(H,30,31)/b12-11+. The van der Waals surface area contributed by atoms with Crippen LogP contribution in [0.2, 0.25) is 0 Å². The first kappa shape index (κ1) is 22.1. The van der Waals surface area contributed by atoms with E-state index in [9.17, 15) is 19.1 Å². The number of aromatic nitrogens is 1. The molecule has 31 heavy (non-hydrogen) atoms. The van der Waals surface area contributed by atoms with Gasteiger partial charge in [-0.15, -0.1) is 0 Å². The first-order valence-corrected chi connectivity index (χ1v) is 9.76. The maximum absolute atomic E-state index is 13.5. The quantitative estimate of drug-likeness (QED) is 0.518. The highest BCUT2D eigenvalue weighted by molar-refractivity contribution is 5.95. The van der Waals surface area contributed by atoms with Gasteiger partial charge in [0.1, 0.15) is 18.0 Å². The Morgan fingerprint density at radius 3 is 2.39 bits per heavy atom. The minimum Gasteiger partial charge on any atom is -0.481 e. The van der Waals surface area contributed by atoms with Gasteiger partial charge >= 0.3 is 5.97 Å². The molecule has 2 N–H and O–H groups in total. The van der Waals surface area contributed by atoms with Gasteiger partial charge in [0.05, 0.1) is 11.8 Å². The number of pyridine rings is 1. The van der Waals surface area contributed by atoms with Crippen LogP contribution in [-0.2, 0) is 9.59 Å². The summed E-state index contributed by atoms with van der Waals surface area (Å²) in [5.41, 5.74) is 4.68. The lowest BCUT2D eigenvalue weighted by Crippen LogP contribution is -2.14. The molecule has 1 aromatic heterocycles. The molecule has 3 aromatic rings. The van der Waals surface area contributed by atoms with Crippen LogP contribution in [0.15, 0.2) is 66.7 Å². The van der Waals surface area contributed by atoms with E-state index in [2.05, 4.69) is 4.98 Å². The predicted octanol–water partition coefficient (Wildman–Crippen LogP) is 4.67. The van der Waals surface area contributed by atoms with Gasteiger partial charge in [-0.05, 0) is 36.2 Å². The van der Waals surface area contributed by atoms with Crippen LogP contribution in [0.1, 0.15) is 24.1 Å². The molecule has 0 aliphatic rings. The average Bonchev–Trinajstić information content (AvgIpc) is 2.73. The second-order valence-electron chi connectivity index (χ2n) is 7.17. The average molecular weight is 419 g/mol. The number of rotatable bonds is 8. The van der Waals surface area contributed by atoms with Crippen molar-refractivity contribution in [3.63, 3.8) is 0 Å². The van der Waals surface area contributed by atoms with E-state index >= 15 is 0 Å². The molecule has 1 atom stereocenters. The fourth-order valence-corrected chi connectivity index (χ4v) is 3.27. The fourth-order valence-electron chi connectivity index (χ4n) is 3.27. The van der Waals surface area contributed by atoms with Crippen molar-refractivity contribution in [1.82, 2.24) is 4.98 Å². The zero-order valence-corrected chi connectivity index (χ0v) is 17.0. The molecule has 0 amide bonds. The van der Waals surface area contributed by atoms with Crippen molar-refractivity contribution in [3.05, 3.63) is 83.8 Å². The number of halogens is 1. The van der Waals surface area contributed by atoms with Gasteiger partial charge in [-0.2, -0.15) is 0 Å². The van der Waals surface area contributed by atoms with Gasteiger partial charge in [-0.3, -0.25) is 14.6 Å². The molecule has 0 saturated carbocycles. The number of nitrogens with zero attached hydrogens (tertiary/aromatic N) is 1. The third kappa shape index (κ3) is 5.93. The van der Waals surface area contributed by atoms with Crippen LogP contribution in [0.4, 0.5) is 4.39 Å².